The first-order valence-electron chi connectivity index (χ1n) is 7.79. The summed E-state index contributed by atoms with van der Waals surface area (Å²) < 4.78 is 36.8. The summed E-state index contributed by atoms with van der Waals surface area (Å²) in [6.07, 6.45) is 1.83. The van der Waals surface area contributed by atoms with Crippen molar-refractivity contribution in [2.45, 2.75) is 39.2 Å². The molecule has 0 bridgehead atoms. The molecule has 1 aliphatic heterocycles. The second-order valence-corrected chi connectivity index (χ2v) is 7.38. The van der Waals surface area contributed by atoms with E-state index in [2.05, 4.69) is 6.58 Å². The highest BCUT2D eigenvalue weighted by molar-refractivity contribution is 7.85. The van der Waals surface area contributed by atoms with E-state index >= 15 is 0 Å². The lowest BCUT2D eigenvalue weighted by Gasteiger charge is -2.37. The van der Waals surface area contributed by atoms with Crippen LogP contribution < -0.4 is 0 Å². The number of carbonyl (C=O) groups is 2. The van der Waals surface area contributed by atoms with Gasteiger partial charge in [0, 0.05) is 6.54 Å². The maximum absolute atomic E-state index is 12.2. The molecule has 0 unspecified atom stereocenters. The summed E-state index contributed by atoms with van der Waals surface area (Å²) in [5, 5.41) is 0. The third kappa shape index (κ3) is 6.88. The predicted octanol–water partition coefficient (Wildman–Crippen LogP) is 1.67. The number of rotatable bonds is 7. The van der Waals surface area contributed by atoms with Gasteiger partial charge < -0.3 is 9.47 Å². The molecule has 0 spiro atoms. The van der Waals surface area contributed by atoms with Gasteiger partial charge in [-0.1, -0.05) is 6.58 Å². The molecule has 1 saturated heterocycles. The fraction of sp³-hybridized carbons (Fsp3) is 0.733. The minimum Gasteiger partial charge on any atom is -0.464 e. The maximum Gasteiger partial charge on any atom is 0.415 e. The zero-order chi connectivity index (χ0) is 18.3. The van der Waals surface area contributed by atoms with Crippen molar-refractivity contribution >= 4 is 22.2 Å². The molecule has 8 nitrogen and oxygen atoms in total. The first kappa shape index (κ1) is 20.4. The summed E-state index contributed by atoms with van der Waals surface area (Å²) in [6, 6.07) is -0.756. The highest BCUT2D eigenvalue weighted by Crippen LogP contribution is 2.27. The maximum atomic E-state index is 12.2. The van der Waals surface area contributed by atoms with Crippen LogP contribution in [0.25, 0.3) is 0 Å². The molecule has 0 N–H and O–H groups in total. The third-order valence-electron chi connectivity index (χ3n) is 3.59. The molecule has 0 aromatic carbocycles. The first-order valence-corrected chi connectivity index (χ1v) is 9.60. The zero-order valence-electron chi connectivity index (χ0n) is 14.3. The number of esters is 1. The van der Waals surface area contributed by atoms with Gasteiger partial charge in [-0.15, -0.1) is 0 Å². The van der Waals surface area contributed by atoms with Crippen molar-refractivity contribution in [2.24, 2.45) is 5.92 Å². The number of likely N-dealkylation sites (tertiary alicyclic amines) is 1. The highest BCUT2D eigenvalue weighted by Gasteiger charge is 2.38. The highest BCUT2D eigenvalue weighted by atomic mass is 32.2. The molecule has 2 atom stereocenters. The van der Waals surface area contributed by atoms with Gasteiger partial charge in [0.15, 0.2) is 0 Å². The lowest BCUT2D eigenvalue weighted by Crippen LogP contribution is -2.51. The van der Waals surface area contributed by atoms with Crippen LogP contribution >= 0.6 is 0 Å². The van der Waals surface area contributed by atoms with Crippen LogP contribution in [0.2, 0.25) is 0 Å². The Morgan fingerprint density at radius 2 is 2.00 bits per heavy atom. The molecular formula is C15H25NO7S. The molecule has 1 amide bonds. The zero-order valence-corrected chi connectivity index (χ0v) is 15.1. The Balaban J connectivity index is 2.71. The SMILES string of the molecule is C=C(C)OC(=O)N1CC[C@H](CCOS(C)(=O)=O)C[C@@H]1C(=O)OCC. The Kier molecular flexibility index (Phi) is 7.68. The first-order chi connectivity index (χ1) is 11.1. The van der Waals surface area contributed by atoms with Crippen LogP contribution in [0.15, 0.2) is 12.3 Å². The summed E-state index contributed by atoms with van der Waals surface area (Å²) in [4.78, 5) is 25.6. The van der Waals surface area contributed by atoms with Crippen LogP contribution in [0.3, 0.4) is 0 Å². The van der Waals surface area contributed by atoms with E-state index in [1.54, 1.807) is 13.8 Å². The molecular weight excluding hydrogens is 338 g/mol. The smallest absolute Gasteiger partial charge is 0.415 e. The number of ether oxygens (including phenoxy) is 2. The Hall–Kier alpha value is -1.61. The van der Waals surface area contributed by atoms with Crippen molar-refractivity contribution in [1.29, 1.82) is 0 Å². The van der Waals surface area contributed by atoms with E-state index in [-0.39, 0.29) is 24.9 Å². The van der Waals surface area contributed by atoms with E-state index in [4.69, 9.17) is 13.7 Å². The fourth-order valence-corrected chi connectivity index (χ4v) is 2.95. The molecule has 24 heavy (non-hydrogen) atoms. The van der Waals surface area contributed by atoms with Gasteiger partial charge in [-0.25, -0.2) is 9.59 Å². The van der Waals surface area contributed by atoms with Gasteiger partial charge in [0.25, 0.3) is 10.1 Å². The number of hydrogen-bond donors (Lipinski definition) is 0. The quantitative estimate of drug-likeness (QED) is 0.385. The van der Waals surface area contributed by atoms with Gasteiger partial charge in [-0.05, 0) is 39.0 Å². The van der Waals surface area contributed by atoms with Crippen molar-refractivity contribution in [3.8, 4) is 0 Å². The monoisotopic (exact) mass is 363 g/mol. The number of piperidine rings is 1. The predicted molar refractivity (Wildman–Crippen MR) is 86.6 cm³/mol. The Bertz CT molecular complexity index is 572. The number of carbonyl (C=O) groups excluding carboxylic acids is 2. The van der Waals surface area contributed by atoms with E-state index in [1.165, 1.54) is 4.90 Å². The van der Waals surface area contributed by atoms with E-state index in [1.807, 2.05) is 0 Å². The second-order valence-electron chi connectivity index (χ2n) is 5.74. The van der Waals surface area contributed by atoms with E-state index in [0.717, 1.165) is 6.26 Å². The van der Waals surface area contributed by atoms with Gasteiger partial charge >= 0.3 is 12.1 Å². The molecule has 0 aliphatic carbocycles. The topological polar surface area (TPSA) is 99.2 Å². The molecule has 1 fully saturated rings. The Morgan fingerprint density at radius 3 is 2.54 bits per heavy atom. The molecule has 138 valence electrons. The standard InChI is InChI=1S/C15H25NO7S/c1-5-21-14(17)13-10-12(7-9-22-24(4,19)20)6-8-16(13)15(18)23-11(2)3/h12-13H,2,5-10H2,1,3-4H3/t12-,13-/m1/s1. The van der Waals surface area contributed by atoms with Crippen molar-refractivity contribution in [1.82, 2.24) is 4.90 Å². The van der Waals surface area contributed by atoms with Crippen LogP contribution in [-0.2, 0) is 28.6 Å². The molecule has 1 heterocycles. The minimum absolute atomic E-state index is 0.0509. The van der Waals surface area contributed by atoms with E-state index in [0.29, 0.717) is 25.8 Å². The number of allylic oxidation sites excluding steroid dienone is 1. The minimum atomic E-state index is -3.49. The van der Waals surface area contributed by atoms with Gasteiger partial charge in [0.05, 0.1) is 25.2 Å². The Morgan fingerprint density at radius 1 is 1.33 bits per heavy atom. The largest absolute Gasteiger partial charge is 0.464 e. The number of hydrogen-bond acceptors (Lipinski definition) is 7. The molecule has 1 rings (SSSR count). The van der Waals surface area contributed by atoms with Gasteiger partial charge in [-0.2, -0.15) is 8.42 Å². The summed E-state index contributed by atoms with van der Waals surface area (Å²) in [5.74, 6) is -0.203. The van der Waals surface area contributed by atoms with Crippen LogP contribution in [-0.4, -0.2) is 57.4 Å². The summed E-state index contributed by atoms with van der Waals surface area (Å²) in [7, 11) is -3.49. The average Bonchev–Trinajstić information content (AvgIpc) is 2.45. The molecule has 1 aliphatic rings. The molecule has 9 heteroatoms. The number of nitrogens with zero attached hydrogens (tertiary/aromatic N) is 1. The molecule has 0 radical (unpaired) electrons. The van der Waals surface area contributed by atoms with Gasteiger partial charge in [-0.3, -0.25) is 9.08 Å². The second kappa shape index (κ2) is 9.03. The number of amides is 1. The van der Waals surface area contributed by atoms with Gasteiger partial charge in [0.1, 0.15) is 6.04 Å². The molecule has 0 aromatic rings. The van der Waals surface area contributed by atoms with Crippen LogP contribution in [0.5, 0.6) is 0 Å². The average molecular weight is 363 g/mol. The third-order valence-corrected chi connectivity index (χ3v) is 4.18. The summed E-state index contributed by atoms with van der Waals surface area (Å²) in [5.41, 5.74) is 0. The lowest BCUT2D eigenvalue weighted by molar-refractivity contribution is -0.150. The van der Waals surface area contributed by atoms with Crippen molar-refractivity contribution < 1.29 is 31.7 Å². The van der Waals surface area contributed by atoms with E-state index < -0.39 is 28.2 Å². The lowest BCUT2D eigenvalue weighted by atomic mass is 9.89. The van der Waals surface area contributed by atoms with Crippen molar-refractivity contribution in [2.75, 3.05) is 26.0 Å². The summed E-state index contributed by atoms with van der Waals surface area (Å²) in [6.45, 7) is 7.33. The van der Waals surface area contributed by atoms with E-state index in [9.17, 15) is 18.0 Å². The van der Waals surface area contributed by atoms with Crippen molar-refractivity contribution in [3.05, 3.63) is 12.3 Å². The molecule has 0 aromatic heterocycles. The van der Waals surface area contributed by atoms with Gasteiger partial charge in [0.2, 0.25) is 0 Å². The van der Waals surface area contributed by atoms with Crippen molar-refractivity contribution in [3.63, 3.8) is 0 Å². The van der Waals surface area contributed by atoms with Crippen LogP contribution in [0.4, 0.5) is 4.79 Å². The fourth-order valence-electron chi connectivity index (χ4n) is 2.55. The Labute approximate surface area is 142 Å². The van der Waals surface area contributed by atoms with Crippen LogP contribution in [0.1, 0.15) is 33.1 Å². The van der Waals surface area contributed by atoms with Crippen LogP contribution in [0, 0.1) is 5.92 Å². The normalized spacial score (nSPS) is 21.2. The molecule has 0 saturated carbocycles. The summed E-state index contributed by atoms with van der Waals surface area (Å²) >= 11 is 0.